The summed E-state index contributed by atoms with van der Waals surface area (Å²) in [4.78, 5) is 16.1. The summed E-state index contributed by atoms with van der Waals surface area (Å²) in [6, 6.07) is 0. The van der Waals surface area contributed by atoms with Gasteiger partial charge in [-0.2, -0.15) is 0 Å². The molecule has 0 amide bonds. The van der Waals surface area contributed by atoms with Crippen LogP contribution in [0.15, 0.2) is 22.6 Å². The SMILES string of the molecule is CCCc1nc(NN)c(C)c(Sc2ncc[nH]2)n1. The molecule has 0 atom stereocenters. The lowest BCUT2D eigenvalue weighted by molar-refractivity contribution is 0.801. The number of aromatic amines is 1. The van der Waals surface area contributed by atoms with Gasteiger partial charge in [-0.05, 0) is 25.1 Å². The molecule has 4 N–H and O–H groups in total. The molecule has 18 heavy (non-hydrogen) atoms. The van der Waals surface area contributed by atoms with Crippen molar-refractivity contribution in [1.29, 1.82) is 0 Å². The van der Waals surface area contributed by atoms with Gasteiger partial charge in [0.05, 0.1) is 0 Å². The van der Waals surface area contributed by atoms with E-state index in [2.05, 4.69) is 32.3 Å². The highest BCUT2D eigenvalue weighted by molar-refractivity contribution is 7.99. The first kappa shape index (κ1) is 12.8. The molecule has 2 aromatic heterocycles. The third-order valence-electron chi connectivity index (χ3n) is 2.42. The van der Waals surface area contributed by atoms with E-state index < -0.39 is 0 Å². The van der Waals surface area contributed by atoms with Gasteiger partial charge in [0.25, 0.3) is 0 Å². The number of anilines is 1. The van der Waals surface area contributed by atoms with Crippen LogP contribution in [0, 0.1) is 6.92 Å². The van der Waals surface area contributed by atoms with Crippen LogP contribution in [-0.4, -0.2) is 19.9 Å². The Morgan fingerprint density at radius 1 is 1.44 bits per heavy atom. The topological polar surface area (TPSA) is 92.5 Å². The summed E-state index contributed by atoms with van der Waals surface area (Å²) >= 11 is 1.48. The number of rotatable bonds is 5. The highest BCUT2D eigenvalue weighted by Gasteiger charge is 2.12. The van der Waals surface area contributed by atoms with E-state index in [1.54, 1.807) is 12.4 Å². The maximum atomic E-state index is 5.49. The Labute approximate surface area is 110 Å². The van der Waals surface area contributed by atoms with Crippen LogP contribution < -0.4 is 11.3 Å². The first-order valence-corrected chi connectivity index (χ1v) is 6.57. The van der Waals surface area contributed by atoms with Crippen molar-refractivity contribution in [3.05, 3.63) is 23.8 Å². The zero-order valence-corrected chi connectivity index (χ0v) is 11.2. The number of nitrogen functional groups attached to an aromatic ring is 1. The zero-order chi connectivity index (χ0) is 13.0. The molecule has 0 aliphatic carbocycles. The van der Waals surface area contributed by atoms with E-state index in [0.29, 0.717) is 5.82 Å². The lowest BCUT2D eigenvalue weighted by atomic mass is 10.3. The fourth-order valence-corrected chi connectivity index (χ4v) is 2.34. The molecular weight excluding hydrogens is 248 g/mol. The minimum Gasteiger partial charge on any atom is -0.339 e. The fraction of sp³-hybridized carbons (Fsp3) is 0.364. The zero-order valence-electron chi connectivity index (χ0n) is 10.4. The van der Waals surface area contributed by atoms with Gasteiger partial charge in [0.1, 0.15) is 16.7 Å². The molecule has 2 aromatic rings. The Bertz CT molecular complexity index is 511. The Hall–Kier alpha value is -1.60. The molecule has 96 valence electrons. The second-order valence-corrected chi connectivity index (χ2v) is 4.79. The van der Waals surface area contributed by atoms with E-state index in [9.17, 15) is 0 Å². The fourth-order valence-electron chi connectivity index (χ4n) is 1.51. The van der Waals surface area contributed by atoms with Crippen LogP contribution in [0.1, 0.15) is 24.7 Å². The first-order valence-electron chi connectivity index (χ1n) is 5.76. The van der Waals surface area contributed by atoms with Gasteiger partial charge < -0.3 is 10.4 Å². The number of aryl methyl sites for hydroxylation is 1. The van der Waals surface area contributed by atoms with Crippen LogP contribution in [0.25, 0.3) is 0 Å². The smallest absolute Gasteiger partial charge is 0.171 e. The number of nitrogens with one attached hydrogen (secondary N) is 2. The average Bonchev–Trinajstić information content (AvgIpc) is 2.86. The van der Waals surface area contributed by atoms with Crippen LogP contribution in [-0.2, 0) is 6.42 Å². The van der Waals surface area contributed by atoms with Gasteiger partial charge >= 0.3 is 0 Å². The lowest BCUT2D eigenvalue weighted by Crippen LogP contribution is -2.13. The molecule has 0 spiro atoms. The molecule has 0 radical (unpaired) electrons. The van der Waals surface area contributed by atoms with Gasteiger partial charge in [-0.3, -0.25) is 0 Å². The number of nitrogens with two attached hydrogens (primary N) is 1. The van der Waals surface area contributed by atoms with E-state index >= 15 is 0 Å². The van der Waals surface area contributed by atoms with Gasteiger partial charge in [0.15, 0.2) is 5.16 Å². The van der Waals surface area contributed by atoms with Crippen molar-refractivity contribution in [3.8, 4) is 0 Å². The summed E-state index contributed by atoms with van der Waals surface area (Å²) in [5.41, 5.74) is 3.55. The average molecular weight is 264 g/mol. The Balaban J connectivity index is 2.34. The van der Waals surface area contributed by atoms with E-state index in [-0.39, 0.29) is 0 Å². The maximum Gasteiger partial charge on any atom is 0.171 e. The van der Waals surface area contributed by atoms with E-state index in [1.807, 2.05) is 6.92 Å². The summed E-state index contributed by atoms with van der Waals surface area (Å²) in [7, 11) is 0. The molecule has 0 bridgehead atoms. The lowest BCUT2D eigenvalue weighted by Gasteiger charge is -2.10. The van der Waals surface area contributed by atoms with Crippen molar-refractivity contribution in [1.82, 2.24) is 19.9 Å². The molecule has 2 rings (SSSR count). The molecule has 0 unspecified atom stereocenters. The standard InChI is InChI=1S/C11H16N6S/c1-3-4-8-15-9(17-12)7(2)10(16-8)18-11-13-5-6-14-11/h5-6H,3-4,12H2,1-2H3,(H,13,14)(H,15,16,17). The van der Waals surface area contributed by atoms with Crippen molar-refractivity contribution in [2.24, 2.45) is 5.84 Å². The van der Waals surface area contributed by atoms with E-state index in [1.165, 1.54) is 11.8 Å². The molecule has 6 nitrogen and oxygen atoms in total. The number of hydrogen-bond acceptors (Lipinski definition) is 6. The largest absolute Gasteiger partial charge is 0.339 e. The maximum absolute atomic E-state index is 5.49. The van der Waals surface area contributed by atoms with Gasteiger partial charge in [-0.25, -0.2) is 20.8 Å². The predicted molar refractivity (Wildman–Crippen MR) is 71.3 cm³/mol. The second-order valence-electron chi connectivity index (χ2n) is 3.81. The monoisotopic (exact) mass is 264 g/mol. The predicted octanol–water partition coefficient (Wildman–Crippen LogP) is 1.90. The summed E-state index contributed by atoms with van der Waals surface area (Å²) < 4.78 is 0. The summed E-state index contributed by atoms with van der Waals surface area (Å²) in [6.07, 6.45) is 5.33. The summed E-state index contributed by atoms with van der Waals surface area (Å²) in [5.74, 6) is 6.95. The molecule has 2 heterocycles. The van der Waals surface area contributed by atoms with E-state index in [0.717, 1.165) is 34.4 Å². The molecule has 0 aromatic carbocycles. The van der Waals surface area contributed by atoms with Crippen LogP contribution in [0.4, 0.5) is 5.82 Å². The summed E-state index contributed by atoms with van der Waals surface area (Å²) in [6.45, 7) is 4.04. The van der Waals surface area contributed by atoms with Gasteiger partial charge in [-0.1, -0.05) is 6.92 Å². The molecule has 0 aliphatic rings. The van der Waals surface area contributed by atoms with Gasteiger partial charge in [-0.15, -0.1) is 0 Å². The number of aromatic nitrogens is 4. The Kier molecular flexibility index (Phi) is 4.16. The number of H-pyrrole nitrogens is 1. The molecule has 0 aliphatic heterocycles. The highest BCUT2D eigenvalue weighted by Crippen LogP contribution is 2.28. The van der Waals surface area contributed by atoms with Crippen molar-refractivity contribution < 1.29 is 0 Å². The first-order chi connectivity index (χ1) is 8.74. The van der Waals surface area contributed by atoms with Crippen LogP contribution in [0.3, 0.4) is 0 Å². The second kappa shape index (κ2) is 5.83. The van der Waals surface area contributed by atoms with Crippen molar-refractivity contribution in [3.63, 3.8) is 0 Å². The third-order valence-corrected chi connectivity index (χ3v) is 3.43. The Morgan fingerprint density at radius 2 is 2.28 bits per heavy atom. The van der Waals surface area contributed by atoms with Crippen LogP contribution >= 0.6 is 11.8 Å². The number of hydrogen-bond donors (Lipinski definition) is 3. The minimum absolute atomic E-state index is 0.669. The Morgan fingerprint density at radius 3 is 2.89 bits per heavy atom. The van der Waals surface area contributed by atoms with Gasteiger partial charge in [0, 0.05) is 24.4 Å². The molecule has 0 saturated heterocycles. The number of hydrazine groups is 1. The van der Waals surface area contributed by atoms with Crippen molar-refractivity contribution in [2.75, 3.05) is 5.43 Å². The van der Waals surface area contributed by atoms with E-state index in [4.69, 9.17) is 5.84 Å². The normalized spacial score (nSPS) is 10.6. The molecule has 0 fully saturated rings. The number of imidazole rings is 1. The van der Waals surface area contributed by atoms with Crippen LogP contribution in [0.2, 0.25) is 0 Å². The quantitative estimate of drug-likeness (QED) is 0.434. The number of nitrogens with zero attached hydrogens (tertiary/aromatic N) is 3. The minimum atomic E-state index is 0.669. The van der Waals surface area contributed by atoms with Gasteiger partial charge in [0.2, 0.25) is 0 Å². The summed E-state index contributed by atoms with van der Waals surface area (Å²) in [5, 5.41) is 1.68. The molecule has 7 heteroatoms. The highest BCUT2D eigenvalue weighted by atomic mass is 32.2. The third kappa shape index (κ3) is 2.80. The van der Waals surface area contributed by atoms with Crippen LogP contribution in [0.5, 0.6) is 0 Å². The molecule has 0 saturated carbocycles. The van der Waals surface area contributed by atoms with Crippen molar-refractivity contribution in [2.45, 2.75) is 36.9 Å². The molecular formula is C11H16N6S. The van der Waals surface area contributed by atoms with Crippen molar-refractivity contribution >= 4 is 17.6 Å².